The van der Waals surface area contributed by atoms with Crippen molar-refractivity contribution in [2.45, 2.75) is 45.2 Å². The third-order valence-corrected chi connectivity index (χ3v) is 6.60. The molecule has 170 valence electrons. The summed E-state index contributed by atoms with van der Waals surface area (Å²) in [6.45, 7) is 3.58. The van der Waals surface area contributed by atoms with Crippen molar-refractivity contribution in [3.8, 4) is 0 Å². The Balaban J connectivity index is 1.60. The van der Waals surface area contributed by atoms with Crippen LogP contribution in [-0.2, 0) is 21.7 Å². The first kappa shape index (κ1) is 22.7. The number of nitrogens with zero attached hydrogens (tertiary/aromatic N) is 3. The number of unbranched alkanes of at least 4 members (excludes halogenated alkanes) is 1. The number of thiazole rings is 1. The van der Waals surface area contributed by atoms with E-state index in [0.717, 1.165) is 18.4 Å². The van der Waals surface area contributed by atoms with Gasteiger partial charge in [-0.25, -0.2) is 9.78 Å². The van der Waals surface area contributed by atoms with Crippen molar-refractivity contribution in [1.29, 1.82) is 0 Å². The minimum Gasteiger partial charge on any atom is -0.319 e. The first-order valence-electron chi connectivity index (χ1n) is 11.0. The molecule has 0 spiro atoms. The molecular formula is C25H26N4O3S. The number of carbonyl (C=O) groups is 3. The number of carbonyl (C=O) groups excluding carboxylic acids is 3. The number of imide groups is 1. The van der Waals surface area contributed by atoms with Gasteiger partial charge in [-0.2, -0.15) is 0 Å². The molecule has 2 heterocycles. The molecule has 7 nitrogen and oxygen atoms in total. The summed E-state index contributed by atoms with van der Waals surface area (Å²) in [6.07, 6.45) is 2.25. The average Bonchev–Trinajstić information content (AvgIpc) is 3.37. The highest BCUT2D eigenvalue weighted by molar-refractivity contribution is 7.14. The van der Waals surface area contributed by atoms with Gasteiger partial charge in [-0.1, -0.05) is 68.3 Å². The Kier molecular flexibility index (Phi) is 6.55. The van der Waals surface area contributed by atoms with E-state index in [9.17, 15) is 14.4 Å². The zero-order chi connectivity index (χ0) is 23.4. The summed E-state index contributed by atoms with van der Waals surface area (Å²) in [5.74, 6) is -0.437. The van der Waals surface area contributed by atoms with Crippen LogP contribution >= 0.6 is 11.3 Å². The molecule has 1 atom stereocenters. The van der Waals surface area contributed by atoms with Gasteiger partial charge in [0.05, 0.1) is 17.9 Å². The van der Waals surface area contributed by atoms with E-state index in [0.29, 0.717) is 22.9 Å². The summed E-state index contributed by atoms with van der Waals surface area (Å²) in [4.78, 5) is 46.1. The van der Waals surface area contributed by atoms with Gasteiger partial charge in [0, 0.05) is 12.3 Å². The van der Waals surface area contributed by atoms with Gasteiger partial charge in [0.15, 0.2) is 5.13 Å². The summed E-state index contributed by atoms with van der Waals surface area (Å²) >= 11 is 1.30. The number of nitrogens with one attached hydrogen (secondary N) is 1. The van der Waals surface area contributed by atoms with Crippen LogP contribution in [0.15, 0.2) is 66.0 Å². The minimum atomic E-state index is -1.07. The van der Waals surface area contributed by atoms with Gasteiger partial charge in [-0.05, 0) is 24.1 Å². The average molecular weight is 463 g/mol. The van der Waals surface area contributed by atoms with Gasteiger partial charge in [0.2, 0.25) is 5.91 Å². The van der Waals surface area contributed by atoms with Crippen molar-refractivity contribution in [2.24, 2.45) is 0 Å². The fourth-order valence-corrected chi connectivity index (χ4v) is 4.96. The predicted octanol–water partition coefficient (Wildman–Crippen LogP) is 4.97. The molecule has 1 fully saturated rings. The highest BCUT2D eigenvalue weighted by Crippen LogP contribution is 2.35. The third-order valence-electron chi connectivity index (χ3n) is 5.73. The molecule has 33 heavy (non-hydrogen) atoms. The Morgan fingerprint density at radius 3 is 2.39 bits per heavy atom. The lowest BCUT2D eigenvalue weighted by atomic mass is 9.85. The summed E-state index contributed by atoms with van der Waals surface area (Å²) in [5, 5.41) is 5.24. The highest BCUT2D eigenvalue weighted by atomic mass is 32.1. The number of aromatic nitrogens is 1. The van der Waals surface area contributed by atoms with Crippen LogP contribution in [0.5, 0.6) is 0 Å². The van der Waals surface area contributed by atoms with Gasteiger partial charge in [-0.3, -0.25) is 19.4 Å². The van der Waals surface area contributed by atoms with Crippen LogP contribution in [0.4, 0.5) is 15.6 Å². The molecule has 1 aromatic heterocycles. The largest absolute Gasteiger partial charge is 0.325 e. The van der Waals surface area contributed by atoms with Crippen LogP contribution in [0.1, 0.15) is 44.4 Å². The number of hydrogen-bond acceptors (Lipinski definition) is 5. The molecule has 2 aromatic carbocycles. The van der Waals surface area contributed by atoms with Crippen molar-refractivity contribution in [2.75, 3.05) is 4.90 Å². The van der Waals surface area contributed by atoms with E-state index in [1.54, 1.807) is 5.38 Å². The first-order chi connectivity index (χ1) is 16.0. The maximum absolute atomic E-state index is 13.6. The quantitative estimate of drug-likeness (QED) is 0.480. The molecule has 0 bridgehead atoms. The lowest BCUT2D eigenvalue weighted by Gasteiger charge is -2.27. The topological polar surface area (TPSA) is 82.6 Å². The second-order valence-corrected chi connectivity index (χ2v) is 8.84. The summed E-state index contributed by atoms with van der Waals surface area (Å²) in [6, 6.07) is 18.2. The van der Waals surface area contributed by atoms with E-state index >= 15 is 0 Å². The maximum Gasteiger partial charge on any atom is 0.325 e. The zero-order valence-corrected chi connectivity index (χ0v) is 19.5. The number of amides is 4. The molecule has 1 saturated heterocycles. The van der Waals surface area contributed by atoms with Crippen molar-refractivity contribution in [3.63, 3.8) is 0 Å². The second kappa shape index (κ2) is 9.54. The molecule has 8 heteroatoms. The van der Waals surface area contributed by atoms with E-state index in [-0.39, 0.29) is 18.4 Å². The Morgan fingerprint density at radius 1 is 1.09 bits per heavy atom. The smallest absolute Gasteiger partial charge is 0.319 e. The Labute approximate surface area is 197 Å². The van der Waals surface area contributed by atoms with E-state index < -0.39 is 11.6 Å². The van der Waals surface area contributed by atoms with Gasteiger partial charge in [0.25, 0.3) is 5.91 Å². The first-order valence-corrected chi connectivity index (χ1v) is 11.8. The molecule has 0 aliphatic carbocycles. The third kappa shape index (κ3) is 4.39. The zero-order valence-electron chi connectivity index (χ0n) is 18.7. The molecule has 0 saturated carbocycles. The number of rotatable bonds is 8. The molecule has 3 aromatic rings. The molecule has 1 aliphatic heterocycles. The van der Waals surface area contributed by atoms with Crippen LogP contribution in [-0.4, -0.2) is 27.7 Å². The van der Waals surface area contributed by atoms with Crippen LogP contribution in [0, 0.1) is 0 Å². The van der Waals surface area contributed by atoms with Gasteiger partial charge in [-0.15, -0.1) is 11.3 Å². The molecule has 0 radical (unpaired) electrons. The molecular weight excluding hydrogens is 436 g/mol. The SMILES string of the molecule is CCCCC1(c2ccccc2)NC(=O)N(Cc2csc(N(C(C)=O)c3ccccc3)n2)C1=O. The van der Waals surface area contributed by atoms with Crippen LogP contribution in [0.3, 0.4) is 0 Å². The molecule has 4 rings (SSSR count). The lowest BCUT2D eigenvalue weighted by molar-refractivity contribution is -0.132. The molecule has 1 aliphatic rings. The Bertz CT molecular complexity index is 1150. The van der Waals surface area contributed by atoms with Crippen LogP contribution in [0.2, 0.25) is 0 Å². The van der Waals surface area contributed by atoms with Crippen LogP contribution in [0.25, 0.3) is 0 Å². The summed E-state index contributed by atoms with van der Waals surface area (Å²) in [7, 11) is 0. The molecule has 1 N–H and O–H groups in total. The van der Waals surface area contributed by atoms with Gasteiger partial charge in [0.1, 0.15) is 5.54 Å². The van der Waals surface area contributed by atoms with Crippen molar-refractivity contribution < 1.29 is 14.4 Å². The summed E-state index contributed by atoms with van der Waals surface area (Å²) < 4.78 is 0. The van der Waals surface area contributed by atoms with E-state index in [1.165, 1.54) is 28.1 Å². The van der Waals surface area contributed by atoms with Gasteiger partial charge >= 0.3 is 6.03 Å². The van der Waals surface area contributed by atoms with E-state index in [2.05, 4.69) is 17.2 Å². The summed E-state index contributed by atoms with van der Waals surface area (Å²) in [5.41, 5.74) is 0.983. The van der Waals surface area contributed by atoms with Crippen molar-refractivity contribution in [3.05, 3.63) is 77.3 Å². The van der Waals surface area contributed by atoms with Crippen molar-refractivity contribution in [1.82, 2.24) is 15.2 Å². The predicted molar refractivity (Wildman–Crippen MR) is 128 cm³/mol. The second-order valence-electron chi connectivity index (χ2n) is 8.01. The minimum absolute atomic E-state index is 0.0441. The molecule has 1 unspecified atom stereocenters. The monoisotopic (exact) mass is 462 g/mol. The van der Waals surface area contributed by atoms with E-state index in [4.69, 9.17) is 0 Å². The standard InChI is InChI=1S/C25H26N4O3S/c1-3-4-15-25(19-11-7-5-8-12-19)22(31)28(23(32)27-25)16-20-17-33-24(26-20)29(18(2)30)21-13-9-6-10-14-21/h5-14,17H,3-4,15-16H2,1-2H3,(H,27,32). The molecule has 4 amide bonds. The number of urea groups is 1. The normalized spacial score (nSPS) is 17.8. The van der Waals surface area contributed by atoms with Crippen molar-refractivity contribution >= 4 is 40.0 Å². The highest BCUT2D eigenvalue weighted by Gasteiger charge is 2.51. The van der Waals surface area contributed by atoms with E-state index in [1.807, 2.05) is 60.7 Å². The fourth-order valence-electron chi connectivity index (χ4n) is 4.08. The number of benzene rings is 2. The number of hydrogen-bond donors (Lipinski definition) is 1. The van der Waals surface area contributed by atoms with Gasteiger partial charge < -0.3 is 5.32 Å². The number of para-hydroxylation sites is 1. The number of anilines is 2. The Morgan fingerprint density at radius 2 is 1.76 bits per heavy atom. The fraction of sp³-hybridized carbons (Fsp3) is 0.280. The maximum atomic E-state index is 13.6. The lowest BCUT2D eigenvalue weighted by Crippen LogP contribution is -2.44. The van der Waals surface area contributed by atoms with Crippen LogP contribution < -0.4 is 10.2 Å². The Hall–Kier alpha value is -3.52.